The van der Waals surface area contributed by atoms with Gasteiger partial charge in [-0.15, -0.1) is 0 Å². The topological polar surface area (TPSA) is 30.5 Å². The molecule has 1 saturated carbocycles. The molecule has 3 nitrogen and oxygen atoms in total. The first-order valence-corrected chi connectivity index (χ1v) is 7.51. The van der Waals surface area contributed by atoms with Crippen LogP contribution in [0, 0.1) is 0 Å². The van der Waals surface area contributed by atoms with Gasteiger partial charge in [-0.2, -0.15) is 0 Å². The number of hydrogen-bond donors (Lipinski definition) is 1. The molecule has 1 aliphatic carbocycles. The molecule has 0 atom stereocenters. The van der Waals surface area contributed by atoms with E-state index in [4.69, 9.17) is 21.1 Å². The van der Waals surface area contributed by atoms with Gasteiger partial charge in [-0.1, -0.05) is 31.5 Å². The van der Waals surface area contributed by atoms with E-state index >= 15 is 0 Å². The Labute approximate surface area is 126 Å². The van der Waals surface area contributed by atoms with Gasteiger partial charge in [-0.3, -0.25) is 0 Å². The number of rotatable bonds is 7. The van der Waals surface area contributed by atoms with Crippen molar-refractivity contribution in [1.82, 2.24) is 5.32 Å². The summed E-state index contributed by atoms with van der Waals surface area (Å²) in [6, 6.07) is 4.71. The Morgan fingerprint density at radius 1 is 1.25 bits per heavy atom. The first-order valence-electron chi connectivity index (χ1n) is 7.14. The number of methoxy groups -OCH3 is 2. The Kier molecular flexibility index (Phi) is 4.82. The van der Waals surface area contributed by atoms with E-state index in [2.05, 4.69) is 25.2 Å². The fourth-order valence-corrected chi connectivity index (χ4v) is 2.76. The van der Waals surface area contributed by atoms with Gasteiger partial charge >= 0.3 is 0 Å². The summed E-state index contributed by atoms with van der Waals surface area (Å²) in [5.41, 5.74) is 1.13. The molecule has 1 N–H and O–H groups in total. The molecule has 20 heavy (non-hydrogen) atoms. The molecule has 0 aromatic heterocycles. The predicted molar refractivity (Wildman–Crippen MR) is 83.2 cm³/mol. The second kappa shape index (κ2) is 6.23. The molecule has 4 heteroatoms. The minimum absolute atomic E-state index is 0.00312. The van der Waals surface area contributed by atoms with Gasteiger partial charge in [0.1, 0.15) is 16.5 Å². The van der Waals surface area contributed by atoms with Crippen LogP contribution in [-0.4, -0.2) is 26.8 Å². The van der Waals surface area contributed by atoms with Crippen LogP contribution in [0.2, 0.25) is 5.02 Å². The average molecular weight is 298 g/mol. The number of hydrogen-bond acceptors (Lipinski definition) is 3. The molecule has 1 aromatic carbocycles. The van der Waals surface area contributed by atoms with Crippen LogP contribution in [-0.2, 0) is 5.41 Å². The molecular formula is C16H24ClNO2. The second-order valence-corrected chi connectivity index (χ2v) is 6.40. The van der Waals surface area contributed by atoms with E-state index in [0.717, 1.165) is 30.3 Å². The van der Waals surface area contributed by atoms with Crippen LogP contribution < -0.4 is 14.8 Å². The van der Waals surface area contributed by atoms with Crippen molar-refractivity contribution < 1.29 is 9.47 Å². The Balaban J connectivity index is 2.17. The molecule has 112 valence electrons. The highest BCUT2D eigenvalue weighted by molar-refractivity contribution is 6.33. The quantitative estimate of drug-likeness (QED) is 0.831. The van der Waals surface area contributed by atoms with Gasteiger partial charge in [-0.05, 0) is 37.3 Å². The summed E-state index contributed by atoms with van der Waals surface area (Å²) >= 11 is 6.35. The lowest BCUT2D eigenvalue weighted by Gasteiger charge is -2.28. The van der Waals surface area contributed by atoms with Crippen molar-refractivity contribution in [3.63, 3.8) is 0 Å². The lowest BCUT2D eigenvalue weighted by atomic mass is 9.81. The van der Waals surface area contributed by atoms with E-state index in [1.807, 2.05) is 6.07 Å². The van der Waals surface area contributed by atoms with Crippen LogP contribution in [0.3, 0.4) is 0 Å². The molecule has 0 bridgehead atoms. The van der Waals surface area contributed by atoms with E-state index in [0.29, 0.717) is 10.8 Å². The van der Waals surface area contributed by atoms with E-state index in [1.54, 1.807) is 14.2 Å². The highest BCUT2D eigenvalue weighted by Gasteiger charge is 2.28. The standard InChI is InChI=1S/C16H24ClNO2/c1-16(2,9-10-18-11-5-6-11)12-7-8-13(19-3)14(17)15(12)20-4/h7-8,11,18H,5-6,9-10H2,1-4H3. The molecule has 0 spiro atoms. The van der Waals surface area contributed by atoms with Crippen molar-refractivity contribution in [3.8, 4) is 11.5 Å². The summed E-state index contributed by atoms with van der Waals surface area (Å²) in [5, 5.41) is 4.11. The molecule has 0 amide bonds. The van der Waals surface area contributed by atoms with Crippen molar-refractivity contribution in [1.29, 1.82) is 0 Å². The third-order valence-electron chi connectivity index (χ3n) is 3.98. The van der Waals surface area contributed by atoms with Crippen LogP contribution in [0.15, 0.2) is 12.1 Å². The smallest absolute Gasteiger partial charge is 0.144 e. The SMILES string of the molecule is COc1ccc(C(C)(C)CCNC2CC2)c(OC)c1Cl. The number of benzene rings is 1. The summed E-state index contributed by atoms with van der Waals surface area (Å²) in [5.74, 6) is 1.38. The zero-order valence-corrected chi connectivity index (χ0v) is 13.5. The van der Waals surface area contributed by atoms with Gasteiger partial charge in [0.05, 0.1) is 14.2 Å². The Morgan fingerprint density at radius 3 is 2.50 bits per heavy atom. The summed E-state index contributed by atoms with van der Waals surface area (Å²) in [7, 11) is 3.27. The van der Waals surface area contributed by atoms with Gasteiger partial charge < -0.3 is 14.8 Å². The number of ether oxygens (including phenoxy) is 2. The molecule has 0 unspecified atom stereocenters. The first-order chi connectivity index (χ1) is 9.49. The normalized spacial score (nSPS) is 15.2. The zero-order chi connectivity index (χ0) is 14.8. The first kappa shape index (κ1) is 15.5. The van der Waals surface area contributed by atoms with Crippen molar-refractivity contribution in [2.24, 2.45) is 0 Å². The second-order valence-electron chi connectivity index (χ2n) is 6.02. The predicted octanol–water partition coefficient (Wildman–Crippen LogP) is 3.78. The third-order valence-corrected chi connectivity index (χ3v) is 4.33. The van der Waals surface area contributed by atoms with Gasteiger partial charge in [0.15, 0.2) is 0 Å². The fraction of sp³-hybridized carbons (Fsp3) is 0.625. The van der Waals surface area contributed by atoms with Gasteiger partial charge in [0, 0.05) is 11.6 Å². The lowest BCUT2D eigenvalue weighted by Crippen LogP contribution is -2.27. The van der Waals surface area contributed by atoms with Crippen LogP contribution in [0.1, 0.15) is 38.7 Å². The van der Waals surface area contributed by atoms with Gasteiger partial charge in [-0.25, -0.2) is 0 Å². The summed E-state index contributed by atoms with van der Waals surface area (Å²) in [4.78, 5) is 0. The largest absolute Gasteiger partial charge is 0.495 e. The highest BCUT2D eigenvalue weighted by atomic mass is 35.5. The summed E-state index contributed by atoms with van der Waals surface area (Å²) in [6.45, 7) is 5.47. The molecule has 0 saturated heterocycles. The molecule has 0 heterocycles. The number of halogens is 1. The highest BCUT2D eigenvalue weighted by Crippen LogP contribution is 2.43. The van der Waals surface area contributed by atoms with Crippen molar-refractivity contribution in [3.05, 3.63) is 22.7 Å². The molecule has 0 aliphatic heterocycles. The van der Waals surface area contributed by atoms with Gasteiger partial charge in [0.2, 0.25) is 0 Å². The summed E-state index contributed by atoms with van der Waals surface area (Å²) < 4.78 is 10.8. The van der Waals surface area contributed by atoms with E-state index in [-0.39, 0.29) is 5.41 Å². The molecule has 1 aromatic rings. The molecule has 1 fully saturated rings. The maximum Gasteiger partial charge on any atom is 0.144 e. The van der Waals surface area contributed by atoms with E-state index in [9.17, 15) is 0 Å². The lowest BCUT2D eigenvalue weighted by molar-refractivity contribution is 0.372. The summed E-state index contributed by atoms with van der Waals surface area (Å²) in [6.07, 6.45) is 3.68. The molecule has 2 rings (SSSR count). The maximum absolute atomic E-state index is 6.35. The minimum atomic E-state index is 0.00312. The van der Waals surface area contributed by atoms with Crippen molar-refractivity contribution >= 4 is 11.6 Å². The molecule has 0 radical (unpaired) electrons. The Bertz CT molecular complexity index is 470. The van der Waals surface area contributed by atoms with Crippen molar-refractivity contribution in [2.75, 3.05) is 20.8 Å². The van der Waals surface area contributed by atoms with Crippen LogP contribution >= 0.6 is 11.6 Å². The Hall–Kier alpha value is -0.930. The minimum Gasteiger partial charge on any atom is -0.495 e. The molecular weight excluding hydrogens is 274 g/mol. The van der Waals surface area contributed by atoms with Crippen molar-refractivity contribution in [2.45, 2.75) is 44.6 Å². The van der Waals surface area contributed by atoms with E-state index < -0.39 is 0 Å². The zero-order valence-electron chi connectivity index (χ0n) is 12.8. The maximum atomic E-state index is 6.35. The van der Waals surface area contributed by atoms with Crippen LogP contribution in [0.25, 0.3) is 0 Å². The number of nitrogens with one attached hydrogen (secondary N) is 1. The van der Waals surface area contributed by atoms with E-state index in [1.165, 1.54) is 12.8 Å². The van der Waals surface area contributed by atoms with Crippen LogP contribution in [0.4, 0.5) is 0 Å². The monoisotopic (exact) mass is 297 g/mol. The molecule has 1 aliphatic rings. The fourth-order valence-electron chi connectivity index (χ4n) is 2.44. The third kappa shape index (κ3) is 3.39. The average Bonchev–Trinajstić information content (AvgIpc) is 3.22. The Morgan fingerprint density at radius 2 is 1.95 bits per heavy atom. The van der Waals surface area contributed by atoms with Gasteiger partial charge in [0.25, 0.3) is 0 Å². The van der Waals surface area contributed by atoms with Crippen LogP contribution in [0.5, 0.6) is 11.5 Å².